The van der Waals surface area contributed by atoms with Crippen LogP contribution in [0.4, 0.5) is 18.9 Å². The van der Waals surface area contributed by atoms with Crippen molar-refractivity contribution < 1.29 is 18.3 Å². The highest BCUT2D eigenvalue weighted by molar-refractivity contribution is 5.84. The topological polar surface area (TPSA) is 69.1 Å². The Morgan fingerprint density at radius 3 is 2.53 bits per heavy atom. The first-order valence-electron chi connectivity index (χ1n) is 4.56. The minimum Gasteiger partial charge on any atom is -0.502 e. The van der Waals surface area contributed by atoms with Crippen LogP contribution in [0, 0.1) is 0 Å². The van der Waals surface area contributed by atoms with Gasteiger partial charge in [0.25, 0.3) is 0 Å². The molecule has 4 nitrogen and oxygen atoms in total. The molecule has 17 heavy (non-hydrogen) atoms. The Bertz CT molecular complexity index is 645. The number of rotatable bonds is 1. The van der Waals surface area contributed by atoms with Crippen molar-refractivity contribution in [3.8, 4) is 0 Å². The maximum atomic E-state index is 12.7. The molecule has 0 spiro atoms. The summed E-state index contributed by atoms with van der Waals surface area (Å²) in [4.78, 5) is 13.4. The number of alkyl halides is 3. The van der Waals surface area contributed by atoms with Crippen LogP contribution in [0.2, 0.25) is 0 Å². The van der Waals surface area contributed by atoms with E-state index in [1.54, 1.807) is 5.11 Å². The summed E-state index contributed by atoms with van der Waals surface area (Å²) in [5, 5.41) is 1.57. The first-order valence-corrected chi connectivity index (χ1v) is 4.56. The quantitative estimate of drug-likeness (QED) is 0.725. The van der Waals surface area contributed by atoms with Gasteiger partial charge in [-0.3, -0.25) is 9.91 Å². The van der Waals surface area contributed by atoms with Crippen LogP contribution in [0.3, 0.4) is 0 Å². The number of H-pyrrole nitrogens is 1. The summed E-state index contributed by atoms with van der Waals surface area (Å²) in [6, 6.07) is 4.22. The first kappa shape index (κ1) is 11.3. The highest BCUT2D eigenvalue weighted by Crippen LogP contribution is 2.33. The van der Waals surface area contributed by atoms with Crippen LogP contribution in [-0.4, -0.2) is 4.98 Å². The Kier molecular flexibility index (Phi) is 2.45. The van der Waals surface area contributed by atoms with E-state index in [-0.39, 0.29) is 16.6 Å². The van der Waals surface area contributed by atoms with Crippen molar-refractivity contribution >= 4 is 16.6 Å². The normalized spacial score (nSPS) is 11.7. The Morgan fingerprint density at radius 1 is 1.24 bits per heavy atom. The minimum absolute atomic E-state index is 0.0591. The fourth-order valence-electron chi connectivity index (χ4n) is 1.56. The van der Waals surface area contributed by atoms with Gasteiger partial charge >= 0.3 is 6.18 Å². The van der Waals surface area contributed by atoms with Crippen molar-refractivity contribution in [2.45, 2.75) is 6.18 Å². The summed E-state index contributed by atoms with van der Waals surface area (Å²) in [6.45, 7) is 0. The monoisotopic (exact) mass is 241 g/mol. The number of hydrogen-bond donors (Lipinski definition) is 2. The number of fused-ring (bicyclic) bond motifs is 1. The molecule has 0 saturated heterocycles. The predicted octanol–water partition coefficient (Wildman–Crippen LogP) is 1.28. The molecule has 0 amide bonds. The maximum Gasteiger partial charge on any atom is 0.417 e. The summed E-state index contributed by atoms with van der Waals surface area (Å²) >= 11 is 0. The summed E-state index contributed by atoms with van der Waals surface area (Å²) in [5.74, 6) is 0. The predicted molar refractivity (Wildman–Crippen MR) is 53.6 cm³/mol. The van der Waals surface area contributed by atoms with Crippen molar-refractivity contribution in [1.29, 1.82) is 0 Å². The largest absolute Gasteiger partial charge is 0.502 e. The van der Waals surface area contributed by atoms with Gasteiger partial charge in [0.1, 0.15) is 0 Å². The van der Waals surface area contributed by atoms with E-state index in [0.717, 1.165) is 6.07 Å². The zero-order chi connectivity index (χ0) is 12.6. The van der Waals surface area contributed by atoms with Crippen LogP contribution in [-0.2, 0) is 6.18 Å². The molecule has 0 bridgehead atoms. The van der Waals surface area contributed by atoms with Crippen LogP contribution in [0.5, 0.6) is 0 Å². The molecule has 1 heterocycles. The van der Waals surface area contributed by atoms with Gasteiger partial charge in [-0.25, -0.2) is 0 Å². The molecule has 1 aromatic heterocycles. The highest BCUT2D eigenvalue weighted by Gasteiger charge is 2.33. The van der Waals surface area contributed by atoms with E-state index in [4.69, 9.17) is 5.53 Å². The van der Waals surface area contributed by atoms with E-state index in [9.17, 15) is 18.0 Å². The standard InChI is InChI=1S/C10H6F3N3O/c11-10(12,13)7-4-9(17)15-8-2-1-5(16-14)3-6(7)8/h1-4,16H,(H,15,17). The Morgan fingerprint density at radius 2 is 1.94 bits per heavy atom. The number of aromatic amines is 1. The molecule has 0 aliphatic carbocycles. The Balaban J connectivity index is 2.89. The summed E-state index contributed by atoms with van der Waals surface area (Å²) in [5.41, 5.74) is 6.95. The summed E-state index contributed by atoms with van der Waals surface area (Å²) < 4.78 is 38.1. The number of aromatic nitrogens is 1. The lowest BCUT2D eigenvalue weighted by Gasteiger charge is -2.09. The number of nitrogens with one attached hydrogen (secondary N) is 2. The van der Waals surface area contributed by atoms with Crippen LogP contribution in [0.1, 0.15) is 5.56 Å². The van der Waals surface area contributed by atoms with Gasteiger partial charge < -0.3 is 10.5 Å². The molecule has 2 rings (SSSR count). The van der Waals surface area contributed by atoms with Crippen molar-refractivity contribution in [1.82, 2.24) is 4.98 Å². The molecular weight excluding hydrogens is 235 g/mol. The third-order valence-electron chi connectivity index (χ3n) is 2.28. The van der Waals surface area contributed by atoms with Crippen molar-refractivity contribution in [2.24, 2.45) is 0 Å². The molecule has 7 heteroatoms. The van der Waals surface area contributed by atoms with E-state index < -0.39 is 17.3 Å². The number of benzene rings is 1. The van der Waals surface area contributed by atoms with E-state index in [0.29, 0.717) is 6.07 Å². The second-order valence-electron chi connectivity index (χ2n) is 3.42. The molecule has 2 aromatic rings. The van der Waals surface area contributed by atoms with E-state index in [1.165, 1.54) is 12.1 Å². The van der Waals surface area contributed by atoms with Crippen molar-refractivity contribution in [3.05, 3.63) is 45.7 Å². The fraction of sp³-hybridized carbons (Fsp3) is 0.100. The number of nitrogens with zero attached hydrogens (tertiary/aromatic N) is 1. The van der Waals surface area contributed by atoms with Crippen LogP contribution >= 0.6 is 0 Å². The molecule has 88 valence electrons. The van der Waals surface area contributed by atoms with Gasteiger partial charge in [-0.05, 0) is 6.07 Å². The second-order valence-corrected chi connectivity index (χ2v) is 3.42. The fourth-order valence-corrected chi connectivity index (χ4v) is 1.56. The molecule has 0 atom stereocenters. The third kappa shape index (κ3) is 2.03. The highest BCUT2D eigenvalue weighted by atomic mass is 19.4. The Labute approximate surface area is 92.6 Å². The smallest absolute Gasteiger partial charge is 0.417 e. The van der Waals surface area contributed by atoms with Gasteiger partial charge in [-0.1, -0.05) is 0 Å². The van der Waals surface area contributed by atoms with Gasteiger partial charge in [0, 0.05) is 29.1 Å². The molecule has 1 aromatic carbocycles. The van der Waals surface area contributed by atoms with Crippen molar-refractivity contribution in [3.63, 3.8) is 0 Å². The van der Waals surface area contributed by atoms with Gasteiger partial charge in [0.2, 0.25) is 5.56 Å². The van der Waals surface area contributed by atoms with Gasteiger partial charge in [-0.2, -0.15) is 13.2 Å². The molecule has 0 fully saturated rings. The van der Waals surface area contributed by atoms with Crippen molar-refractivity contribution in [2.75, 3.05) is 0 Å². The molecule has 0 aliphatic rings. The number of pyridine rings is 1. The molecule has 0 unspecified atom stereocenters. The molecule has 0 saturated carbocycles. The minimum atomic E-state index is -4.62. The summed E-state index contributed by atoms with van der Waals surface area (Å²) in [7, 11) is 0. The SMILES string of the molecule is [N-]=[NH+]c1ccc2[nH]c(=O)cc(C(F)(F)F)c2c1. The molecular formula is C10H6F3N3O. The second kappa shape index (κ2) is 3.69. The lowest BCUT2D eigenvalue weighted by molar-refractivity contribution is -0.379. The van der Waals surface area contributed by atoms with Crippen LogP contribution in [0.25, 0.3) is 16.4 Å². The third-order valence-corrected chi connectivity index (χ3v) is 2.28. The van der Waals surface area contributed by atoms with Gasteiger partial charge in [-0.15, -0.1) is 0 Å². The van der Waals surface area contributed by atoms with Crippen LogP contribution < -0.4 is 10.7 Å². The van der Waals surface area contributed by atoms with E-state index in [2.05, 4.69) is 4.98 Å². The maximum absolute atomic E-state index is 12.7. The Hall–Kier alpha value is -2.18. The van der Waals surface area contributed by atoms with E-state index in [1.807, 2.05) is 0 Å². The molecule has 0 aliphatic heterocycles. The first-order chi connectivity index (χ1) is 7.91. The number of halogens is 3. The lowest BCUT2D eigenvalue weighted by atomic mass is 10.1. The average Bonchev–Trinajstić information content (AvgIpc) is 2.26. The number of hydrogen-bond acceptors (Lipinski definition) is 1. The zero-order valence-corrected chi connectivity index (χ0v) is 8.30. The van der Waals surface area contributed by atoms with Crippen LogP contribution in [0.15, 0.2) is 29.1 Å². The summed E-state index contributed by atoms with van der Waals surface area (Å²) in [6.07, 6.45) is -4.62. The van der Waals surface area contributed by atoms with E-state index >= 15 is 0 Å². The average molecular weight is 241 g/mol. The van der Waals surface area contributed by atoms with Gasteiger partial charge in [0.05, 0.1) is 5.56 Å². The molecule has 2 N–H and O–H groups in total. The zero-order valence-electron chi connectivity index (χ0n) is 8.30. The van der Waals surface area contributed by atoms with Gasteiger partial charge in [0.15, 0.2) is 5.69 Å². The lowest BCUT2D eigenvalue weighted by Crippen LogP contribution is -2.54. The molecule has 0 radical (unpaired) electrons.